The van der Waals surface area contributed by atoms with Crippen LogP contribution in [0.25, 0.3) is 0 Å². The van der Waals surface area contributed by atoms with Crippen molar-refractivity contribution in [3.63, 3.8) is 0 Å². The molecule has 1 aliphatic heterocycles. The molecule has 1 aromatic heterocycles. The summed E-state index contributed by atoms with van der Waals surface area (Å²) in [6, 6.07) is 0. The molecule has 0 aromatic carbocycles. The Morgan fingerprint density at radius 3 is 2.82 bits per heavy atom. The maximum atomic E-state index is 4.04. The molecular formula is C13H24N4. The van der Waals surface area contributed by atoms with Crippen LogP contribution in [0.1, 0.15) is 31.0 Å². The lowest BCUT2D eigenvalue weighted by atomic mass is 9.97. The van der Waals surface area contributed by atoms with Crippen LogP contribution < -0.4 is 5.32 Å². The second kappa shape index (κ2) is 6.17. The number of nitrogens with one attached hydrogen (secondary N) is 2. The zero-order valence-electron chi connectivity index (χ0n) is 11.0. The van der Waals surface area contributed by atoms with Gasteiger partial charge in [-0.05, 0) is 51.9 Å². The normalized spacial score (nSPS) is 18.7. The molecule has 0 unspecified atom stereocenters. The number of aromatic amines is 1. The summed E-state index contributed by atoms with van der Waals surface area (Å²) in [4.78, 5) is 2.54. The Morgan fingerprint density at radius 2 is 2.24 bits per heavy atom. The van der Waals surface area contributed by atoms with E-state index in [1.165, 1.54) is 43.7 Å². The van der Waals surface area contributed by atoms with Gasteiger partial charge in [-0.1, -0.05) is 6.92 Å². The smallest absolute Gasteiger partial charge is 0.0535 e. The molecule has 0 amide bonds. The maximum Gasteiger partial charge on any atom is 0.0535 e. The van der Waals surface area contributed by atoms with Crippen molar-refractivity contribution in [1.29, 1.82) is 0 Å². The molecule has 0 saturated carbocycles. The molecule has 2 rings (SSSR count). The van der Waals surface area contributed by atoms with Gasteiger partial charge in [-0.25, -0.2) is 0 Å². The van der Waals surface area contributed by atoms with Crippen LogP contribution in [0.3, 0.4) is 0 Å². The van der Waals surface area contributed by atoms with Crippen LogP contribution in [0.15, 0.2) is 6.20 Å². The summed E-state index contributed by atoms with van der Waals surface area (Å²) in [7, 11) is 0. The summed E-state index contributed by atoms with van der Waals surface area (Å²) in [5, 5.41) is 10.6. The second-order valence-corrected chi connectivity index (χ2v) is 5.03. The van der Waals surface area contributed by atoms with Crippen LogP contribution in [-0.2, 0) is 6.54 Å². The Bertz CT molecular complexity index is 326. The highest BCUT2D eigenvalue weighted by Gasteiger charge is 2.17. The number of piperidine rings is 1. The fourth-order valence-electron chi connectivity index (χ4n) is 2.47. The highest BCUT2D eigenvalue weighted by molar-refractivity contribution is 5.13. The number of hydrogen-bond donors (Lipinski definition) is 2. The van der Waals surface area contributed by atoms with E-state index in [0.717, 1.165) is 19.0 Å². The van der Waals surface area contributed by atoms with Crippen molar-refractivity contribution in [3.05, 3.63) is 17.5 Å². The van der Waals surface area contributed by atoms with Crippen LogP contribution in [-0.4, -0.2) is 41.3 Å². The van der Waals surface area contributed by atoms with Gasteiger partial charge < -0.3 is 10.2 Å². The average Bonchev–Trinajstić information content (AvgIpc) is 2.76. The van der Waals surface area contributed by atoms with Gasteiger partial charge in [-0.15, -0.1) is 0 Å². The Labute approximate surface area is 104 Å². The van der Waals surface area contributed by atoms with Crippen LogP contribution in [0.5, 0.6) is 0 Å². The predicted molar refractivity (Wildman–Crippen MR) is 69.9 cm³/mol. The van der Waals surface area contributed by atoms with E-state index in [1.807, 2.05) is 6.20 Å². The molecule has 2 heterocycles. The summed E-state index contributed by atoms with van der Waals surface area (Å²) < 4.78 is 0. The molecule has 4 heteroatoms. The van der Waals surface area contributed by atoms with Gasteiger partial charge in [0.05, 0.1) is 6.20 Å². The molecule has 0 bridgehead atoms. The van der Waals surface area contributed by atoms with Gasteiger partial charge in [-0.2, -0.15) is 5.10 Å². The number of nitrogens with zero attached hydrogens (tertiary/aromatic N) is 2. The van der Waals surface area contributed by atoms with E-state index in [9.17, 15) is 0 Å². The summed E-state index contributed by atoms with van der Waals surface area (Å²) in [5.74, 6) is 0.852. The molecular weight excluding hydrogens is 212 g/mol. The Balaban J connectivity index is 1.65. The highest BCUT2D eigenvalue weighted by atomic mass is 15.1. The summed E-state index contributed by atoms with van der Waals surface area (Å²) >= 11 is 0. The van der Waals surface area contributed by atoms with Gasteiger partial charge in [0.15, 0.2) is 0 Å². The Hall–Kier alpha value is -0.870. The van der Waals surface area contributed by atoms with Crippen LogP contribution in [0, 0.1) is 12.8 Å². The lowest BCUT2D eigenvalue weighted by Gasteiger charge is -2.31. The fraction of sp³-hybridized carbons (Fsp3) is 0.769. The minimum absolute atomic E-state index is 0.852. The highest BCUT2D eigenvalue weighted by Crippen LogP contribution is 2.16. The van der Waals surface area contributed by atoms with Crippen molar-refractivity contribution in [2.75, 3.05) is 26.2 Å². The first kappa shape index (κ1) is 12.6. The summed E-state index contributed by atoms with van der Waals surface area (Å²) in [6.45, 7) is 10.2. The van der Waals surface area contributed by atoms with Crippen molar-refractivity contribution < 1.29 is 0 Å². The topological polar surface area (TPSA) is 44.0 Å². The van der Waals surface area contributed by atoms with E-state index < -0.39 is 0 Å². The number of aryl methyl sites for hydroxylation is 1. The van der Waals surface area contributed by atoms with Gasteiger partial charge >= 0.3 is 0 Å². The molecule has 0 spiro atoms. The standard InChI is InChI=1S/C13H24N4/c1-3-17-6-4-12(5-7-17)8-14-9-13-10-15-16-11(13)2/h10,12,14H,3-9H2,1-2H3,(H,15,16). The van der Waals surface area contributed by atoms with Crippen molar-refractivity contribution in [3.8, 4) is 0 Å². The quantitative estimate of drug-likeness (QED) is 0.815. The lowest BCUT2D eigenvalue weighted by Crippen LogP contribution is -2.36. The Morgan fingerprint density at radius 1 is 1.47 bits per heavy atom. The van der Waals surface area contributed by atoms with Gasteiger partial charge in [-0.3, -0.25) is 5.10 Å². The molecule has 0 aliphatic carbocycles. The SMILES string of the molecule is CCN1CCC(CNCc2cn[nH]c2C)CC1. The van der Waals surface area contributed by atoms with E-state index >= 15 is 0 Å². The minimum atomic E-state index is 0.852. The van der Waals surface area contributed by atoms with Crippen LogP contribution >= 0.6 is 0 Å². The van der Waals surface area contributed by atoms with Crippen molar-refractivity contribution in [1.82, 2.24) is 20.4 Å². The molecule has 96 valence electrons. The Kier molecular flexibility index (Phi) is 4.57. The van der Waals surface area contributed by atoms with Gasteiger partial charge in [0.25, 0.3) is 0 Å². The third kappa shape index (κ3) is 3.54. The van der Waals surface area contributed by atoms with Crippen molar-refractivity contribution in [2.45, 2.75) is 33.2 Å². The number of likely N-dealkylation sites (tertiary alicyclic amines) is 1. The monoisotopic (exact) mass is 236 g/mol. The zero-order chi connectivity index (χ0) is 12.1. The zero-order valence-corrected chi connectivity index (χ0v) is 11.0. The third-order valence-corrected chi connectivity index (χ3v) is 3.84. The van der Waals surface area contributed by atoms with E-state index in [1.54, 1.807) is 0 Å². The van der Waals surface area contributed by atoms with Crippen molar-refractivity contribution in [2.24, 2.45) is 5.92 Å². The largest absolute Gasteiger partial charge is 0.312 e. The number of hydrogen-bond acceptors (Lipinski definition) is 3. The molecule has 1 fully saturated rings. The molecule has 2 N–H and O–H groups in total. The van der Waals surface area contributed by atoms with E-state index in [2.05, 4.69) is 34.3 Å². The molecule has 4 nitrogen and oxygen atoms in total. The summed E-state index contributed by atoms with van der Waals surface area (Å²) in [5.41, 5.74) is 2.47. The first-order chi connectivity index (χ1) is 8.29. The summed E-state index contributed by atoms with van der Waals surface area (Å²) in [6.07, 6.45) is 4.60. The van der Waals surface area contributed by atoms with Crippen molar-refractivity contribution >= 4 is 0 Å². The number of aromatic nitrogens is 2. The van der Waals surface area contributed by atoms with Gasteiger partial charge in [0.2, 0.25) is 0 Å². The fourth-order valence-corrected chi connectivity index (χ4v) is 2.47. The first-order valence-corrected chi connectivity index (χ1v) is 6.71. The second-order valence-electron chi connectivity index (χ2n) is 5.03. The molecule has 0 radical (unpaired) electrons. The molecule has 1 saturated heterocycles. The number of H-pyrrole nitrogens is 1. The molecule has 0 atom stereocenters. The molecule has 1 aliphatic rings. The number of rotatable bonds is 5. The first-order valence-electron chi connectivity index (χ1n) is 6.71. The minimum Gasteiger partial charge on any atom is -0.312 e. The predicted octanol–water partition coefficient (Wildman–Crippen LogP) is 1.54. The van der Waals surface area contributed by atoms with E-state index in [-0.39, 0.29) is 0 Å². The van der Waals surface area contributed by atoms with Crippen LogP contribution in [0.2, 0.25) is 0 Å². The lowest BCUT2D eigenvalue weighted by molar-refractivity contribution is 0.190. The van der Waals surface area contributed by atoms with Gasteiger partial charge in [0, 0.05) is 17.8 Å². The average molecular weight is 236 g/mol. The molecule has 1 aromatic rings. The van der Waals surface area contributed by atoms with Gasteiger partial charge in [0.1, 0.15) is 0 Å². The molecule has 17 heavy (non-hydrogen) atoms. The van der Waals surface area contributed by atoms with E-state index in [4.69, 9.17) is 0 Å². The van der Waals surface area contributed by atoms with E-state index in [0.29, 0.717) is 0 Å². The maximum absolute atomic E-state index is 4.04. The third-order valence-electron chi connectivity index (χ3n) is 3.84. The van der Waals surface area contributed by atoms with Crippen LogP contribution in [0.4, 0.5) is 0 Å².